The zero-order chi connectivity index (χ0) is 20.4. The molecular formula is C10H15N5O10P2. The number of nitrogens with two attached hydrogens (primary N) is 1. The molecule has 3 heterocycles. The van der Waals surface area contributed by atoms with Gasteiger partial charge in [0.25, 0.3) is 0 Å². The van der Waals surface area contributed by atoms with E-state index in [-0.39, 0.29) is 17.0 Å². The third-order valence-electron chi connectivity index (χ3n) is 4.14. The van der Waals surface area contributed by atoms with Crippen LogP contribution in [-0.4, -0.2) is 77.8 Å². The molecule has 0 bridgehead atoms. The summed E-state index contributed by atoms with van der Waals surface area (Å²) in [5, 5.41) is 27.2. The van der Waals surface area contributed by atoms with Crippen LogP contribution in [0.5, 0.6) is 0 Å². The van der Waals surface area contributed by atoms with Crippen LogP contribution >= 0.6 is 15.2 Å². The first-order valence-electron chi connectivity index (χ1n) is 7.08. The molecule has 15 nitrogen and oxygen atoms in total. The Morgan fingerprint density at radius 3 is 2.41 bits per heavy atom. The lowest BCUT2D eigenvalue weighted by Crippen LogP contribution is -2.48. The first-order valence-corrected chi connectivity index (χ1v) is 10.4. The SMILES string of the molecule is Nc1ncnc2c1ncn2[C@@H]1O[C@H](C(O)P(=O)(O)O)[C@@H](O)[C@]1(O)P(=O)(O)O. The van der Waals surface area contributed by atoms with Crippen molar-refractivity contribution < 1.29 is 48.8 Å². The average molecular weight is 427 g/mol. The Morgan fingerprint density at radius 2 is 1.85 bits per heavy atom. The number of fused-ring (bicyclic) bond motifs is 1. The molecule has 0 saturated carbocycles. The monoisotopic (exact) mass is 427 g/mol. The normalized spacial score (nSPS) is 30.7. The smallest absolute Gasteiger partial charge is 0.364 e. The summed E-state index contributed by atoms with van der Waals surface area (Å²) in [5.74, 6) is -2.78. The summed E-state index contributed by atoms with van der Waals surface area (Å²) >= 11 is 0. The molecule has 0 aromatic carbocycles. The maximum absolute atomic E-state index is 11.9. The van der Waals surface area contributed by atoms with Crippen LogP contribution in [-0.2, 0) is 13.9 Å². The van der Waals surface area contributed by atoms with Gasteiger partial charge in [-0.2, -0.15) is 0 Å². The Morgan fingerprint density at radius 1 is 1.22 bits per heavy atom. The van der Waals surface area contributed by atoms with Gasteiger partial charge in [0.05, 0.1) is 6.33 Å². The van der Waals surface area contributed by atoms with E-state index in [1.165, 1.54) is 0 Å². The van der Waals surface area contributed by atoms with Crippen LogP contribution in [0, 0.1) is 0 Å². The second-order valence-electron chi connectivity index (χ2n) is 5.81. The second-order valence-corrected chi connectivity index (χ2v) is 9.32. The molecule has 0 aliphatic carbocycles. The zero-order valence-electron chi connectivity index (χ0n) is 13.1. The standard InChI is InChI=1S/C10H15N5O10P2/c11-6-3-7(13-1-12-6)15(2-14-3)9-10(18,27(22,23)24)5(16)4(25-9)8(17)26(19,20)21/h1-2,4-5,8-9,16-18H,(H2,11,12,13)(H2,19,20,21)(H2,22,23,24)/t4-,5+,8?,9+,10-/m0/s1. The quantitative estimate of drug-likeness (QED) is 0.227. The van der Waals surface area contributed by atoms with E-state index in [4.69, 9.17) is 20.3 Å². The van der Waals surface area contributed by atoms with Crippen LogP contribution in [0.2, 0.25) is 0 Å². The van der Waals surface area contributed by atoms with Gasteiger partial charge in [0, 0.05) is 0 Å². The maximum Gasteiger partial charge on any atom is 0.364 e. The fourth-order valence-corrected chi connectivity index (χ4v) is 4.34. The Balaban J connectivity index is 2.18. The van der Waals surface area contributed by atoms with Crippen molar-refractivity contribution in [1.82, 2.24) is 19.5 Å². The van der Waals surface area contributed by atoms with Gasteiger partial charge in [-0.1, -0.05) is 0 Å². The summed E-state index contributed by atoms with van der Waals surface area (Å²) in [6.45, 7) is 0. The van der Waals surface area contributed by atoms with Crippen molar-refractivity contribution in [3.05, 3.63) is 12.7 Å². The van der Waals surface area contributed by atoms with Gasteiger partial charge in [-0.25, -0.2) is 15.0 Å². The van der Waals surface area contributed by atoms with Gasteiger partial charge in [0.2, 0.25) is 5.34 Å². The molecule has 9 N–H and O–H groups in total. The summed E-state index contributed by atoms with van der Waals surface area (Å²) < 4.78 is 29.1. The van der Waals surface area contributed by atoms with Crippen LogP contribution in [0.1, 0.15) is 6.23 Å². The summed E-state index contributed by atoms with van der Waals surface area (Å²) in [7, 11) is -10.9. The molecule has 1 unspecified atom stereocenters. The largest absolute Gasteiger partial charge is 0.386 e. The number of ether oxygens (including phenoxy) is 1. The predicted molar refractivity (Wildman–Crippen MR) is 84.7 cm³/mol. The number of hydrogen-bond donors (Lipinski definition) is 8. The number of nitrogens with zero attached hydrogens (tertiary/aromatic N) is 4. The molecule has 1 aliphatic rings. The molecule has 2 aromatic heterocycles. The topological polar surface area (TPSA) is 255 Å². The van der Waals surface area contributed by atoms with Crippen molar-refractivity contribution in [2.24, 2.45) is 0 Å². The third kappa shape index (κ3) is 2.98. The van der Waals surface area contributed by atoms with E-state index >= 15 is 0 Å². The van der Waals surface area contributed by atoms with Gasteiger partial charge >= 0.3 is 15.2 Å². The minimum absolute atomic E-state index is 0.0253. The van der Waals surface area contributed by atoms with Crippen molar-refractivity contribution in [2.75, 3.05) is 5.73 Å². The van der Waals surface area contributed by atoms with Gasteiger partial charge in [-0.05, 0) is 0 Å². The molecule has 27 heavy (non-hydrogen) atoms. The van der Waals surface area contributed by atoms with E-state index in [9.17, 15) is 34.2 Å². The maximum atomic E-state index is 11.9. The van der Waals surface area contributed by atoms with Crippen molar-refractivity contribution in [2.45, 2.75) is 29.6 Å². The number of aromatic nitrogens is 4. The number of rotatable bonds is 4. The van der Waals surface area contributed by atoms with Gasteiger partial charge in [-0.15, -0.1) is 0 Å². The fraction of sp³-hybridized carbons (Fsp3) is 0.500. The van der Waals surface area contributed by atoms with Crippen molar-refractivity contribution in [3.63, 3.8) is 0 Å². The second kappa shape index (κ2) is 6.25. The molecule has 0 spiro atoms. The van der Waals surface area contributed by atoms with Gasteiger partial charge in [0.15, 0.2) is 23.5 Å². The van der Waals surface area contributed by atoms with E-state index < -0.39 is 44.8 Å². The van der Waals surface area contributed by atoms with Crippen LogP contribution in [0.4, 0.5) is 5.82 Å². The molecule has 2 aromatic rings. The van der Waals surface area contributed by atoms with Crippen LogP contribution in [0.15, 0.2) is 12.7 Å². The van der Waals surface area contributed by atoms with Crippen molar-refractivity contribution in [3.8, 4) is 0 Å². The molecule has 1 fully saturated rings. The lowest BCUT2D eigenvalue weighted by atomic mass is 10.1. The zero-order valence-corrected chi connectivity index (χ0v) is 14.9. The van der Waals surface area contributed by atoms with Crippen molar-refractivity contribution >= 4 is 32.2 Å². The lowest BCUT2D eigenvalue weighted by Gasteiger charge is -2.31. The third-order valence-corrected chi connectivity index (χ3v) is 6.54. The molecule has 5 atom stereocenters. The number of anilines is 1. The summed E-state index contributed by atoms with van der Waals surface area (Å²) in [4.78, 5) is 48.7. The first kappa shape index (κ1) is 20.2. The fourth-order valence-electron chi connectivity index (χ4n) is 2.76. The number of aliphatic hydroxyl groups is 3. The molecule has 0 radical (unpaired) electrons. The summed E-state index contributed by atoms with van der Waals surface area (Å²) in [6, 6.07) is 0. The van der Waals surface area contributed by atoms with Crippen LogP contribution < -0.4 is 5.73 Å². The van der Waals surface area contributed by atoms with Gasteiger partial charge in [0.1, 0.15) is 24.1 Å². The number of hydrogen-bond acceptors (Lipinski definition) is 10. The predicted octanol–water partition coefficient (Wildman–Crippen LogP) is -2.97. The minimum atomic E-state index is -5.60. The lowest BCUT2D eigenvalue weighted by molar-refractivity contribution is -0.0765. The molecule has 0 amide bonds. The average Bonchev–Trinajstić information content (AvgIpc) is 3.07. The number of aliphatic hydroxyl groups excluding tert-OH is 2. The Hall–Kier alpha value is -1.51. The van der Waals surface area contributed by atoms with E-state index in [1.54, 1.807) is 0 Å². The van der Waals surface area contributed by atoms with E-state index in [0.717, 1.165) is 17.2 Å². The molecule has 1 saturated heterocycles. The molecule has 150 valence electrons. The van der Waals surface area contributed by atoms with Crippen LogP contribution in [0.25, 0.3) is 11.2 Å². The molecule has 3 rings (SSSR count). The highest BCUT2D eigenvalue weighted by atomic mass is 31.2. The summed E-state index contributed by atoms with van der Waals surface area (Å²) in [6.07, 6.45) is -5.05. The van der Waals surface area contributed by atoms with Gasteiger partial charge in [-0.3, -0.25) is 13.7 Å². The molecule has 17 heteroatoms. The highest BCUT2D eigenvalue weighted by Crippen LogP contribution is 2.62. The molecule has 1 aliphatic heterocycles. The van der Waals surface area contributed by atoms with Crippen LogP contribution in [0.3, 0.4) is 0 Å². The Bertz CT molecular complexity index is 972. The first-order chi connectivity index (χ1) is 12.3. The van der Waals surface area contributed by atoms with Gasteiger partial charge < -0.3 is 45.4 Å². The highest BCUT2D eigenvalue weighted by molar-refractivity contribution is 7.53. The number of nitrogen functional groups attached to an aromatic ring is 1. The highest BCUT2D eigenvalue weighted by Gasteiger charge is 2.69. The van der Waals surface area contributed by atoms with E-state index in [2.05, 4.69) is 15.0 Å². The van der Waals surface area contributed by atoms with Crippen molar-refractivity contribution in [1.29, 1.82) is 0 Å². The Labute approximate surface area is 149 Å². The van der Waals surface area contributed by atoms with E-state index in [1.807, 2.05) is 0 Å². The number of imidazole rings is 1. The Kier molecular flexibility index (Phi) is 4.68. The van der Waals surface area contributed by atoms with E-state index in [0.29, 0.717) is 0 Å². The minimum Gasteiger partial charge on any atom is -0.386 e. The molecular weight excluding hydrogens is 412 g/mol. The summed E-state index contributed by atoms with van der Waals surface area (Å²) in [5.41, 5.74) is 5.43.